The number of carbonyl (C=O) groups is 3. The third kappa shape index (κ3) is 2.79. The number of rotatable bonds is 2. The molecule has 2 heterocycles. The van der Waals surface area contributed by atoms with Crippen molar-refractivity contribution in [2.45, 2.75) is 38.6 Å². The van der Waals surface area contributed by atoms with Crippen LogP contribution in [-0.4, -0.2) is 58.4 Å². The fourth-order valence-corrected chi connectivity index (χ4v) is 4.22. The number of piperidine rings is 1. The standard InChI is InChI=1S/C19H24N2O4/c1-12-4-5-13(2)14(10-12)17(23)21-8-6-19(7-9-21)15(18(24)25)11-16(22)20(19)3/h4-5,10,15H,6-9,11H2,1-3H3,(H,24,25)/t15-/m0/s1. The van der Waals surface area contributed by atoms with Crippen LogP contribution < -0.4 is 0 Å². The minimum absolute atomic E-state index is 0.0186. The van der Waals surface area contributed by atoms with Crippen LogP contribution in [0.25, 0.3) is 0 Å². The Balaban J connectivity index is 1.79. The van der Waals surface area contributed by atoms with Gasteiger partial charge < -0.3 is 14.9 Å². The van der Waals surface area contributed by atoms with E-state index in [4.69, 9.17) is 0 Å². The summed E-state index contributed by atoms with van der Waals surface area (Å²) in [6.45, 7) is 4.81. The first kappa shape index (κ1) is 17.5. The minimum atomic E-state index is -0.924. The molecule has 0 saturated carbocycles. The molecular weight excluding hydrogens is 320 g/mol. The molecule has 1 aromatic rings. The Morgan fingerprint density at radius 3 is 2.44 bits per heavy atom. The van der Waals surface area contributed by atoms with Gasteiger partial charge in [-0.15, -0.1) is 0 Å². The molecule has 1 N–H and O–H groups in total. The number of nitrogens with zero attached hydrogens (tertiary/aromatic N) is 2. The predicted octanol–water partition coefficient (Wildman–Crippen LogP) is 1.84. The van der Waals surface area contributed by atoms with Crippen LogP contribution in [0.2, 0.25) is 0 Å². The van der Waals surface area contributed by atoms with Crippen LogP contribution in [0.3, 0.4) is 0 Å². The van der Waals surface area contributed by atoms with Gasteiger partial charge in [-0.2, -0.15) is 0 Å². The molecule has 0 unspecified atom stereocenters. The Morgan fingerprint density at radius 1 is 1.20 bits per heavy atom. The van der Waals surface area contributed by atoms with E-state index in [0.717, 1.165) is 11.1 Å². The summed E-state index contributed by atoms with van der Waals surface area (Å²) in [4.78, 5) is 39.9. The second-order valence-electron chi connectivity index (χ2n) is 7.26. The van der Waals surface area contributed by atoms with Crippen LogP contribution in [0.1, 0.15) is 40.7 Å². The molecule has 6 nitrogen and oxygen atoms in total. The van der Waals surface area contributed by atoms with Gasteiger partial charge >= 0.3 is 5.97 Å². The summed E-state index contributed by atoms with van der Waals surface area (Å²) in [6.07, 6.45) is 1.06. The summed E-state index contributed by atoms with van der Waals surface area (Å²) in [5, 5.41) is 9.53. The summed E-state index contributed by atoms with van der Waals surface area (Å²) in [6, 6.07) is 5.82. The molecule has 3 rings (SSSR count). The molecule has 0 radical (unpaired) electrons. The summed E-state index contributed by atoms with van der Waals surface area (Å²) in [7, 11) is 1.69. The van der Waals surface area contributed by atoms with Gasteiger partial charge in [-0.05, 0) is 38.3 Å². The van der Waals surface area contributed by atoms with Crippen molar-refractivity contribution in [1.29, 1.82) is 0 Å². The van der Waals surface area contributed by atoms with Crippen molar-refractivity contribution in [1.82, 2.24) is 9.80 Å². The highest BCUT2D eigenvalue weighted by atomic mass is 16.4. The number of amides is 2. The summed E-state index contributed by atoms with van der Waals surface area (Å²) in [5.74, 6) is -1.76. The lowest BCUT2D eigenvalue weighted by Gasteiger charge is -2.45. The highest BCUT2D eigenvalue weighted by Gasteiger charge is 2.55. The van der Waals surface area contributed by atoms with Gasteiger partial charge in [-0.1, -0.05) is 17.7 Å². The lowest BCUT2D eigenvalue weighted by Crippen LogP contribution is -2.57. The lowest BCUT2D eigenvalue weighted by atomic mass is 9.77. The molecule has 2 saturated heterocycles. The Bertz CT molecular complexity index is 735. The van der Waals surface area contributed by atoms with E-state index in [-0.39, 0.29) is 18.2 Å². The molecule has 1 spiro atoms. The van der Waals surface area contributed by atoms with Crippen molar-refractivity contribution in [3.63, 3.8) is 0 Å². The number of carbonyl (C=O) groups excluding carboxylic acids is 2. The number of likely N-dealkylation sites (tertiary alicyclic amines) is 2. The third-order valence-corrected chi connectivity index (χ3v) is 5.91. The highest BCUT2D eigenvalue weighted by Crippen LogP contribution is 2.43. The molecule has 134 valence electrons. The molecule has 1 aromatic carbocycles. The quantitative estimate of drug-likeness (QED) is 0.888. The van der Waals surface area contributed by atoms with Crippen molar-refractivity contribution in [3.8, 4) is 0 Å². The largest absolute Gasteiger partial charge is 0.481 e. The van der Waals surface area contributed by atoms with E-state index in [2.05, 4.69) is 0 Å². The maximum atomic E-state index is 12.9. The molecule has 0 aliphatic carbocycles. The number of carboxylic acid groups (broad SMARTS) is 1. The van der Waals surface area contributed by atoms with E-state index in [1.807, 2.05) is 32.0 Å². The smallest absolute Gasteiger partial charge is 0.309 e. The van der Waals surface area contributed by atoms with Crippen LogP contribution in [0.15, 0.2) is 18.2 Å². The average Bonchev–Trinajstić information content (AvgIpc) is 2.82. The number of aryl methyl sites for hydroxylation is 2. The summed E-state index contributed by atoms with van der Waals surface area (Å²) in [5.41, 5.74) is 2.00. The maximum absolute atomic E-state index is 12.9. The van der Waals surface area contributed by atoms with E-state index < -0.39 is 17.4 Å². The first-order valence-corrected chi connectivity index (χ1v) is 8.62. The molecule has 2 aliphatic heterocycles. The van der Waals surface area contributed by atoms with Gasteiger partial charge in [0.1, 0.15) is 0 Å². The topological polar surface area (TPSA) is 77.9 Å². The van der Waals surface area contributed by atoms with Gasteiger partial charge in [0.25, 0.3) is 5.91 Å². The van der Waals surface area contributed by atoms with Crippen LogP contribution >= 0.6 is 0 Å². The Labute approximate surface area is 147 Å². The van der Waals surface area contributed by atoms with Crippen molar-refractivity contribution in [3.05, 3.63) is 34.9 Å². The van der Waals surface area contributed by atoms with E-state index in [1.54, 1.807) is 16.8 Å². The number of hydrogen-bond donors (Lipinski definition) is 1. The second kappa shape index (κ2) is 6.17. The fraction of sp³-hybridized carbons (Fsp3) is 0.526. The van der Waals surface area contributed by atoms with Crippen molar-refractivity contribution < 1.29 is 19.5 Å². The van der Waals surface area contributed by atoms with E-state index in [0.29, 0.717) is 31.5 Å². The average molecular weight is 344 g/mol. The van der Waals surface area contributed by atoms with Crippen LogP contribution in [0.4, 0.5) is 0 Å². The van der Waals surface area contributed by atoms with E-state index in [9.17, 15) is 19.5 Å². The minimum Gasteiger partial charge on any atom is -0.481 e. The lowest BCUT2D eigenvalue weighted by molar-refractivity contribution is -0.145. The summed E-state index contributed by atoms with van der Waals surface area (Å²) < 4.78 is 0. The first-order chi connectivity index (χ1) is 11.8. The molecule has 0 bridgehead atoms. The Kier molecular flexibility index (Phi) is 4.31. The van der Waals surface area contributed by atoms with E-state index in [1.165, 1.54) is 0 Å². The monoisotopic (exact) mass is 344 g/mol. The van der Waals surface area contributed by atoms with Gasteiger partial charge in [0, 0.05) is 32.1 Å². The van der Waals surface area contributed by atoms with Crippen molar-refractivity contribution in [2.75, 3.05) is 20.1 Å². The SMILES string of the molecule is Cc1ccc(C)c(C(=O)N2CCC3(CC2)[C@H](C(=O)O)CC(=O)N3C)c1. The first-order valence-electron chi connectivity index (χ1n) is 8.62. The second-order valence-corrected chi connectivity index (χ2v) is 7.26. The Morgan fingerprint density at radius 2 is 1.84 bits per heavy atom. The van der Waals surface area contributed by atoms with Gasteiger partial charge in [0.2, 0.25) is 5.91 Å². The number of carboxylic acids is 1. The molecule has 2 aliphatic rings. The molecule has 1 atom stereocenters. The van der Waals surface area contributed by atoms with Gasteiger partial charge in [0.05, 0.1) is 11.5 Å². The zero-order valence-electron chi connectivity index (χ0n) is 14.9. The normalized spacial score (nSPS) is 22.5. The van der Waals surface area contributed by atoms with Crippen LogP contribution in [0, 0.1) is 19.8 Å². The zero-order valence-corrected chi connectivity index (χ0v) is 14.9. The predicted molar refractivity (Wildman–Crippen MR) is 92.3 cm³/mol. The number of benzene rings is 1. The molecule has 0 aromatic heterocycles. The van der Waals surface area contributed by atoms with Crippen molar-refractivity contribution >= 4 is 17.8 Å². The number of hydrogen-bond acceptors (Lipinski definition) is 3. The summed E-state index contributed by atoms with van der Waals surface area (Å²) >= 11 is 0. The zero-order chi connectivity index (χ0) is 18.4. The molecular formula is C19H24N2O4. The molecule has 25 heavy (non-hydrogen) atoms. The maximum Gasteiger partial charge on any atom is 0.309 e. The fourth-order valence-electron chi connectivity index (χ4n) is 4.22. The van der Waals surface area contributed by atoms with Crippen LogP contribution in [-0.2, 0) is 9.59 Å². The number of aliphatic carboxylic acids is 1. The van der Waals surface area contributed by atoms with Crippen LogP contribution in [0.5, 0.6) is 0 Å². The van der Waals surface area contributed by atoms with Crippen molar-refractivity contribution in [2.24, 2.45) is 5.92 Å². The van der Waals surface area contributed by atoms with Gasteiger partial charge in [-0.25, -0.2) is 0 Å². The molecule has 2 amide bonds. The van der Waals surface area contributed by atoms with Gasteiger partial charge in [-0.3, -0.25) is 14.4 Å². The highest BCUT2D eigenvalue weighted by molar-refractivity contribution is 5.96. The Hall–Kier alpha value is -2.37. The van der Waals surface area contributed by atoms with Gasteiger partial charge in [0.15, 0.2) is 0 Å². The van der Waals surface area contributed by atoms with E-state index >= 15 is 0 Å². The molecule has 2 fully saturated rings. The molecule has 6 heteroatoms. The third-order valence-electron chi connectivity index (χ3n) is 5.91.